The number of hydrogen-bond donors (Lipinski definition) is 2. The standard InChI is InChI=1S/C24H25N3O/c1-17-12-14-20(15-13-17)26-24(28)27-18(2)16-22(21-10-6-7-11-23(21)27)25-19-8-4-3-5-9-19/h3-15,18,22,25H,16H2,1-2H3,(H,26,28). The van der Waals surface area contributed by atoms with Gasteiger partial charge in [-0.1, -0.05) is 54.1 Å². The smallest absolute Gasteiger partial charge is 0.326 e. The van der Waals surface area contributed by atoms with Gasteiger partial charge in [-0.25, -0.2) is 4.79 Å². The number of aryl methyl sites for hydroxylation is 1. The average molecular weight is 371 g/mol. The molecule has 0 fully saturated rings. The summed E-state index contributed by atoms with van der Waals surface area (Å²) in [5, 5.41) is 6.67. The first-order valence-electron chi connectivity index (χ1n) is 9.69. The lowest BCUT2D eigenvalue weighted by Crippen LogP contribution is -2.46. The number of rotatable bonds is 3. The molecule has 4 heteroatoms. The van der Waals surface area contributed by atoms with Crippen molar-refractivity contribution in [1.82, 2.24) is 0 Å². The van der Waals surface area contributed by atoms with Gasteiger partial charge in [0.25, 0.3) is 0 Å². The third kappa shape index (κ3) is 3.72. The number of carbonyl (C=O) groups is 1. The van der Waals surface area contributed by atoms with Crippen molar-refractivity contribution in [2.45, 2.75) is 32.4 Å². The molecule has 3 aromatic carbocycles. The zero-order chi connectivity index (χ0) is 19.5. The van der Waals surface area contributed by atoms with Crippen LogP contribution in [0, 0.1) is 6.92 Å². The number of anilines is 3. The number of carbonyl (C=O) groups excluding carboxylic acids is 1. The van der Waals surface area contributed by atoms with Gasteiger partial charge in [-0.15, -0.1) is 0 Å². The number of para-hydroxylation sites is 2. The zero-order valence-corrected chi connectivity index (χ0v) is 16.2. The van der Waals surface area contributed by atoms with E-state index in [0.29, 0.717) is 0 Å². The summed E-state index contributed by atoms with van der Waals surface area (Å²) in [6.45, 7) is 4.14. The molecule has 4 rings (SSSR count). The molecule has 2 unspecified atom stereocenters. The summed E-state index contributed by atoms with van der Waals surface area (Å²) in [7, 11) is 0. The van der Waals surface area contributed by atoms with Crippen LogP contribution >= 0.6 is 0 Å². The Morgan fingerprint density at radius 2 is 1.57 bits per heavy atom. The highest BCUT2D eigenvalue weighted by molar-refractivity contribution is 6.03. The Kier molecular flexibility index (Phi) is 5.02. The molecule has 0 aliphatic carbocycles. The van der Waals surface area contributed by atoms with Crippen molar-refractivity contribution in [3.63, 3.8) is 0 Å². The summed E-state index contributed by atoms with van der Waals surface area (Å²) >= 11 is 0. The molecule has 0 saturated carbocycles. The van der Waals surface area contributed by atoms with Gasteiger partial charge in [0.2, 0.25) is 0 Å². The Hall–Kier alpha value is -3.27. The van der Waals surface area contributed by atoms with E-state index in [4.69, 9.17) is 0 Å². The SMILES string of the molecule is Cc1ccc(NC(=O)N2c3ccccc3C(Nc3ccccc3)CC2C)cc1. The van der Waals surface area contributed by atoms with E-state index in [0.717, 1.165) is 29.0 Å². The van der Waals surface area contributed by atoms with Crippen molar-refractivity contribution >= 4 is 23.1 Å². The molecule has 1 aliphatic rings. The Labute approximate surface area is 166 Å². The first-order chi connectivity index (χ1) is 13.6. The van der Waals surface area contributed by atoms with Crippen LogP contribution in [-0.4, -0.2) is 12.1 Å². The average Bonchev–Trinajstić information content (AvgIpc) is 2.70. The number of fused-ring (bicyclic) bond motifs is 1. The van der Waals surface area contributed by atoms with Crippen LogP contribution in [0.15, 0.2) is 78.9 Å². The van der Waals surface area contributed by atoms with Crippen molar-refractivity contribution in [2.75, 3.05) is 15.5 Å². The maximum absolute atomic E-state index is 13.1. The molecule has 0 radical (unpaired) electrons. The van der Waals surface area contributed by atoms with E-state index in [1.165, 1.54) is 5.56 Å². The minimum absolute atomic E-state index is 0.0709. The van der Waals surface area contributed by atoms with Crippen LogP contribution in [0.1, 0.15) is 30.5 Å². The summed E-state index contributed by atoms with van der Waals surface area (Å²) < 4.78 is 0. The van der Waals surface area contributed by atoms with Gasteiger partial charge in [0.15, 0.2) is 0 Å². The maximum Gasteiger partial charge on any atom is 0.326 e. The minimum atomic E-state index is -0.0954. The molecule has 28 heavy (non-hydrogen) atoms. The van der Waals surface area contributed by atoms with E-state index < -0.39 is 0 Å². The normalized spacial score (nSPS) is 18.3. The van der Waals surface area contributed by atoms with Gasteiger partial charge in [-0.2, -0.15) is 0 Å². The number of urea groups is 1. The summed E-state index contributed by atoms with van der Waals surface area (Å²) in [4.78, 5) is 15.0. The second kappa shape index (κ2) is 7.77. The van der Waals surface area contributed by atoms with Crippen LogP contribution in [0.25, 0.3) is 0 Å². The zero-order valence-electron chi connectivity index (χ0n) is 16.2. The predicted octanol–water partition coefficient (Wildman–Crippen LogP) is 5.98. The first-order valence-corrected chi connectivity index (χ1v) is 9.69. The quantitative estimate of drug-likeness (QED) is 0.595. The fourth-order valence-electron chi connectivity index (χ4n) is 3.81. The molecule has 0 spiro atoms. The van der Waals surface area contributed by atoms with E-state index >= 15 is 0 Å². The van der Waals surface area contributed by atoms with Crippen LogP contribution in [0.3, 0.4) is 0 Å². The van der Waals surface area contributed by atoms with E-state index in [2.05, 4.69) is 35.8 Å². The number of benzene rings is 3. The summed E-state index contributed by atoms with van der Waals surface area (Å²) in [6.07, 6.45) is 0.841. The third-order valence-corrected chi connectivity index (χ3v) is 5.23. The highest BCUT2D eigenvalue weighted by Crippen LogP contribution is 2.39. The van der Waals surface area contributed by atoms with Crippen molar-refractivity contribution in [1.29, 1.82) is 0 Å². The van der Waals surface area contributed by atoms with Gasteiger partial charge < -0.3 is 10.6 Å². The highest BCUT2D eigenvalue weighted by atomic mass is 16.2. The first kappa shape index (κ1) is 18.1. The molecule has 4 nitrogen and oxygen atoms in total. The second-order valence-electron chi connectivity index (χ2n) is 7.37. The summed E-state index contributed by atoms with van der Waals surface area (Å²) in [5.74, 6) is 0. The molecule has 1 aliphatic heterocycles. The second-order valence-corrected chi connectivity index (χ2v) is 7.37. The lowest BCUT2D eigenvalue weighted by Gasteiger charge is -2.39. The predicted molar refractivity (Wildman–Crippen MR) is 116 cm³/mol. The fraction of sp³-hybridized carbons (Fsp3) is 0.208. The third-order valence-electron chi connectivity index (χ3n) is 5.23. The molecule has 2 amide bonds. The largest absolute Gasteiger partial charge is 0.378 e. The van der Waals surface area contributed by atoms with Gasteiger partial charge in [0.05, 0.1) is 11.7 Å². The highest BCUT2D eigenvalue weighted by Gasteiger charge is 2.33. The van der Waals surface area contributed by atoms with Crippen molar-refractivity contribution < 1.29 is 4.79 Å². The topological polar surface area (TPSA) is 44.4 Å². The monoisotopic (exact) mass is 371 g/mol. The summed E-state index contributed by atoms with van der Waals surface area (Å²) in [5.41, 5.74) is 5.17. The number of nitrogens with zero attached hydrogens (tertiary/aromatic N) is 1. The molecular weight excluding hydrogens is 346 g/mol. The lowest BCUT2D eigenvalue weighted by atomic mass is 9.91. The van der Waals surface area contributed by atoms with E-state index in [9.17, 15) is 4.79 Å². The minimum Gasteiger partial charge on any atom is -0.378 e. The van der Waals surface area contributed by atoms with Gasteiger partial charge in [0, 0.05) is 17.4 Å². The molecule has 0 aromatic heterocycles. The van der Waals surface area contributed by atoms with Gasteiger partial charge >= 0.3 is 6.03 Å². The molecule has 0 bridgehead atoms. The van der Waals surface area contributed by atoms with Crippen LogP contribution in [0.4, 0.5) is 21.9 Å². The van der Waals surface area contributed by atoms with Gasteiger partial charge in [-0.3, -0.25) is 4.90 Å². The van der Waals surface area contributed by atoms with Crippen molar-refractivity contribution in [3.8, 4) is 0 Å². The number of amides is 2. The molecule has 3 aromatic rings. The van der Waals surface area contributed by atoms with E-state index in [1.807, 2.05) is 72.5 Å². The molecule has 142 valence electrons. The Bertz CT molecular complexity index is 953. The summed E-state index contributed by atoms with van der Waals surface area (Å²) in [6, 6.07) is 26.4. The Morgan fingerprint density at radius 3 is 2.32 bits per heavy atom. The number of hydrogen-bond acceptors (Lipinski definition) is 2. The van der Waals surface area contributed by atoms with Crippen molar-refractivity contribution in [2.24, 2.45) is 0 Å². The lowest BCUT2D eigenvalue weighted by molar-refractivity contribution is 0.254. The van der Waals surface area contributed by atoms with Gasteiger partial charge in [-0.05, 0) is 56.2 Å². The van der Waals surface area contributed by atoms with Crippen LogP contribution in [0.5, 0.6) is 0 Å². The number of nitrogens with one attached hydrogen (secondary N) is 2. The Balaban J connectivity index is 1.60. The van der Waals surface area contributed by atoms with Gasteiger partial charge in [0.1, 0.15) is 0 Å². The molecule has 2 N–H and O–H groups in total. The molecule has 0 saturated heterocycles. The van der Waals surface area contributed by atoms with Crippen molar-refractivity contribution in [3.05, 3.63) is 90.0 Å². The van der Waals surface area contributed by atoms with E-state index in [-0.39, 0.29) is 18.1 Å². The fourth-order valence-corrected chi connectivity index (χ4v) is 3.81. The van der Waals surface area contributed by atoms with Crippen LogP contribution < -0.4 is 15.5 Å². The van der Waals surface area contributed by atoms with Crippen LogP contribution in [0.2, 0.25) is 0 Å². The van der Waals surface area contributed by atoms with E-state index in [1.54, 1.807) is 0 Å². The molecular formula is C24H25N3O. The van der Waals surface area contributed by atoms with Crippen LogP contribution in [-0.2, 0) is 0 Å². The maximum atomic E-state index is 13.1. The Morgan fingerprint density at radius 1 is 0.893 bits per heavy atom. The molecule has 1 heterocycles. The molecule has 2 atom stereocenters.